The number of carbonyl (C=O) groups is 3. The van der Waals surface area contributed by atoms with Gasteiger partial charge in [0.2, 0.25) is 11.9 Å². The van der Waals surface area contributed by atoms with Gasteiger partial charge in [0.05, 0.1) is 22.4 Å². The predicted octanol–water partition coefficient (Wildman–Crippen LogP) is -0.690. The Hall–Kier alpha value is -4.37. The molecule has 0 saturated heterocycles. The van der Waals surface area contributed by atoms with Crippen LogP contribution in [-0.4, -0.2) is 60.7 Å². The van der Waals surface area contributed by atoms with E-state index in [-0.39, 0.29) is 34.8 Å². The molecule has 4 rings (SSSR count). The number of carboxylic acid groups (broad SMARTS) is 1. The highest BCUT2D eigenvalue weighted by Gasteiger charge is 2.39. The van der Waals surface area contributed by atoms with E-state index < -0.39 is 55.6 Å². The van der Waals surface area contributed by atoms with Crippen LogP contribution in [0, 0.1) is 5.82 Å². The maximum Gasteiger partial charge on any atom is 0.547 e. The summed E-state index contributed by atoms with van der Waals surface area (Å²) in [6, 6.07) is 5.18. The van der Waals surface area contributed by atoms with Gasteiger partial charge in [0, 0.05) is 12.4 Å². The van der Waals surface area contributed by atoms with Crippen LogP contribution in [0.5, 0.6) is 5.75 Å². The molecule has 14 nitrogen and oxygen atoms in total. The lowest BCUT2D eigenvalue weighted by molar-refractivity contribution is -0.123. The maximum atomic E-state index is 14.6. The van der Waals surface area contributed by atoms with E-state index >= 15 is 0 Å². The minimum Gasteiger partial charge on any atom is -0.534 e. The van der Waals surface area contributed by atoms with Crippen LogP contribution in [-0.2, 0) is 15.8 Å². The highest BCUT2D eigenvalue weighted by molar-refractivity contribution is 7.60. The molecule has 202 valence electrons. The smallest absolute Gasteiger partial charge is 0.534 e. The number of para-hydroxylation sites is 1. The third-order valence-electron chi connectivity index (χ3n) is 5.77. The molecule has 1 aliphatic rings. The molecule has 2 atom stereocenters. The first-order valence-electron chi connectivity index (χ1n) is 11.1. The number of hydrogen-bond donors (Lipinski definition) is 7. The van der Waals surface area contributed by atoms with Gasteiger partial charge in [-0.2, -0.15) is 0 Å². The Morgan fingerprint density at radius 1 is 1.18 bits per heavy atom. The predicted molar refractivity (Wildman–Crippen MR) is 132 cm³/mol. The van der Waals surface area contributed by atoms with E-state index in [0.29, 0.717) is 11.6 Å². The fraction of sp³-hybridized carbons (Fsp3) is 0.136. The van der Waals surface area contributed by atoms with Crippen molar-refractivity contribution in [1.29, 1.82) is 0 Å². The highest BCUT2D eigenvalue weighted by atomic mass is 31.2. The molecule has 0 saturated carbocycles. The Labute approximate surface area is 219 Å². The van der Waals surface area contributed by atoms with Gasteiger partial charge in [-0.1, -0.05) is 18.2 Å². The molecule has 1 aliphatic heterocycles. The van der Waals surface area contributed by atoms with E-state index in [2.05, 4.69) is 20.6 Å². The molecule has 2 amide bonds. The topological polar surface area (TPSA) is 234 Å². The first kappa shape index (κ1) is 27.7. The number of aromatic carboxylic acids is 1. The minimum atomic E-state index is -4.97. The second-order valence-electron chi connectivity index (χ2n) is 8.42. The number of anilines is 1. The van der Waals surface area contributed by atoms with Crippen molar-refractivity contribution >= 4 is 43.8 Å². The van der Waals surface area contributed by atoms with Crippen LogP contribution >= 0.6 is 7.60 Å². The molecule has 0 fully saturated rings. The van der Waals surface area contributed by atoms with Crippen LogP contribution in [0.4, 0.5) is 10.3 Å². The van der Waals surface area contributed by atoms with Gasteiger partial charge in [0.25, 0.3) is 5.91 Å². The number of nitrogens with zero attached hydrogens (tertiary/aromatic N) is 2. The van der Waals surface area contributed by atoms with Gasteiger partial charge in [0.1, 0.15) is 17.6 Å². The summed E-state index contributed by atoms with van der Waals surface area (Å²) >= 11 is 0. The molecule has 17 heteroatoms. The Morgan fingerprint density at radius 3 is 2.49 bits per heavy atom. The van der Waals surface area contributed by atoms with Crippen molar-refractivity contribution in [2.45, 2.75) is 18.4 Å². The number of nitrogens with two attached hydrogens (primary N) is 1. The van der Waals surface area contributed by atoms with Gasteiger partial charge < -0.3 is 40.9 Å². The molecule has 8 N–H and O–H groups in total. The fourth-order valence-electron chi connectivity index (χ4n) is 3.89. The van der Waals surface area contributed by atoms with E-state index in [1.165, 1.54) is 12.1 Å². The van der Waals surface area contributed by atoms with E-state index in [1.54, 1.807) is 6.07 Å². The van der Waals surface area contributed by atoms with Crippen LogP contribution in [0.1, 0.15) is 37.9 Å². The molecular formula is C22H20BFN5O9P. The summed E-state index contributed by atoms with van der Waals surface area (Å²) in [6.45, 7) is 0. The molecule has 0 spiro atoms. The Kier molecular flexibility index (Phi) is 7.65. The Balaban J connectivity index is 1.64. The molecule has 2 aromatic carbocycles. The molecule has 0 radical (unpaired) electrons. The average Bonchev–Trinajstić information content (AvgIpc) is 2.86. The third kappa shape index (κ3) is 6.04. The van der Waals surface area contributed by atoms with Gasteiger partial charge in [-0.15, -0.1) is 0 Å². The van der Waals surface area contributed by atoms with Crippen molar-refractivity contribution in [2.24, 2.45) is 0 Å². The standard InChI is InChI=1S/C22H20BFN5O9P/c24-14-6-10(4-5-15(14)39(35,36)37)17(29-19(30)12-8-26-22(25)27-9-12)20(31)28-16-7-11-2-1-3-13(21(32)33)18(11)38-23(16)34/h1-6,8-9,16-17,34H,7H2,(H,28,31)(H,29,30)(H,32,33)(H2,25,26,27)(H2,35,36,37)/t16-,17+/m0/s1. The number of benzene rings is 2. The lowest BCUT2D eigenvalue weighted by atomic mass is 9.72. The van der Waals surface area contributed by atoms with Crippen LogP contribution in [0.15, 0.2) is 48.8 Å². The number of nitrogens with one attached hydrogen (secondary N) is 2. The van der Waals surface area contributed by atoms with Crippen LogP contribution < -0.4 is 26.3 Å². The number of rotatable bonds is 7. The van der Waals surface area contributed by atoms with E-state index in [0.717, 1.165) is 24.5 Å². The van der Waals surface area contributed by atoms with Crippen LogP contribution in [0.3, 0.4) is 0 Å². The lowest BCUT2D eigenvalue weighted by Gasteiger charge is -2.30. The molecular weight excluding hydrogens is 539 g/mol. The number of carbonyl (C=O) groups excluding carboxylic acids is 2. The molecule has 1 aromatic heterocycles. The van der Waals surface area contributed by atoms with Crippen molar-refractivity contribution in [3.8, 4) is 5.75 Å². The van der Waals surface area contributed by atoms with E-state index in [1.807, 2.05) is 0 Å². The lowest BCUT2D eigenvalue weighted by Crippen LogP contribution is -2.55. The summed E-state index contributed by atoms with van der Waals surface area (Å²) in [5, 5.41) is 23.8. The Morgan fingerprint density at radius 2 is 1.87 bits per heavy atom. The van der Waals surface area contributed by atoms with Crippen molar-refractivity contribution in [1.82, 2.24) is 20.6 Å². The van der Waals surface area contributed by atoms with Gasteiger partial charge in [-0.25, -0.2) is 19.2 Å². The van der Waals surface area contributed by atoms with E-state index in [4.69, 9.17) is 10.4 Å². The molecule has 0 aliphatic carbocycles. The third-order valence-corrected chi connectivity index (χ3v) is 6.76. The molecule has 39 heavy (non-hydrogen) atoms. The molecule has 0 bridgehead atoms. The van der Waals surface area contributed by atoms with Gasteiger partial charge in [0.15, 0.2) is 0 Å². The normalized spacial score (nSPS) is 15.5. The van der Waals surface area contributed by atoms with Crippen molar-refractivity contribution < 1.29 is 47.9 Å². The summed E-state index contributed by atoms with van der Waals surface area (Å²) in [6.07, 6.45) is 2.11. The maximum absolute atomic E-state index is 14.6. The summed E-state index contributed by atoms with van der Waals surface area (Å²) in [4.78, 5) is 63.7. The zero-order chi connectivity index (χ0) is 28.5. The molecule has 2 heterocycles. The van der Waals surface area contributed by atoms with Gasteiger partial charge >= 0.3 is 20.7 Å². The quantitative estimate of drug-likeness (QED) is 0.141. The zero-order valence-corrected chi connectivity index (χ0v) is 20.6. The second kappa shape index (κ2) is 10.8. The number of aromatic nitrogens is 2. The summed E-state index contributed by atoms with van der Waals surface area (Å²) in [5.41, 5.74) is 5.31. The highest BCUT2D eigenvalue weighted by Crippen LogP contribution is 2.35. The average molecular weight is 559 g/mol. The molecule has 0 unspecified atom stereocenters. The number of nitrogen functional groups attached to an aromatic ring is 1. The van der Waals surface area contributed by atoms with Crippen molar-refractivity contribution in [3.05, 3.63) is 76.9 Å². The number of carboxylic acids is 1. The number of fused-ring (bicyclic) bond motifs is 1. The molecule has 3 aromatic rings. The van der Waals surface area contributed by atoms with Gasteiger partial charge in [-0.3, -0.25) is 14.2 Å². The van der Waals surface area contributed by atoms with Crippen LogP contribution in [0.25, 0.3) is 0 Å². The summed E-state index contributed by atoms with van der Waals surface area (Å²) < 4.78 is 31.5. The summed E-state index contributed by atoms with van der Waals surface area (Å²) in [5.74, 6) is -5.72. The van der Waals surface area contributed by atoms with E-state index in [9.17, 15) is 43.3 Å². The zero-order valence-electron chi connectivity index (χ0n) is 19.7. The summed E-state index contributed by atoms with van der Waals surface area (Å²) in [7, 11) is -6.65. The largest absolute Gasteiger partial charge is 0.547 e. The van der Waals surface area contributed by atoms with Crippen LogP contribution in [0.2, 0.25) is 0 Å². The van der Waals surface area contributed by atoms with Crippen molar-refractivity contribution in [2.75, 3.05) is 5.73 Å². The first-order valence-corrected chi connectivity index (χ1v) is 12.7. The Bertz CT molecular complexity index is 1500. The minimum absolute atomic E-state index is 0.0542. The SMILES string of the molecule is Nc1ncc(C(=O)N[C@@H](C(=O)N[C@H]2Cc3cccc(C(=O)O)c3OB2O)c2ccc(P(=O)(O)O)c(F)c2)cn1. The number of halogens is 1. The fourth-order valence-corrected chi connectivity index (χ4v) is 4.50. The van der Waals surface area contributed by atoms with Gasteiger partial charge in [-0.05, 0) is 35.7 Å². The first-order chi connectivity index (χ1) is 18.3. The number of amides is 2. The van der Waals surface area contributed by atoms with Crippen molar-refractivity contribution in [3.63, 3.8) is 0 Å². The second-order valence-corrected chi connectivity index (χ2v) is 9.99. The number of hydrogen-bond acceptors (Lipinski definition) is 9. The monoisotopic (exact) mass is 559 g/mol.